The Morgan fingerprint density at radius 2 is 1.14 bits per heavy atom. The smallest absolute Gasteiger partial charge is 0.0622 e. The van der Waals surface area contributed by atoms with Crippen molar-refractivity contribution >= 4 is 0 Å². The van der Waals surface area contributed by atoms with Crippen LogP contribution in [0.3, 0.4) is 0 Å². The van der Waals surface area contributed by atoms with Crippen LogP contribution in [0.1, 0.15) is 108 Å². The van der Waals surface area contributed by atoms with E-state index in [-0.39, 0.29) is 5.60 Å². The van der Waals surface area contributed by atoms with Crippen LogP contribution in [0.4, 0.5) is 0 Å². The molecule has 0 aromatic carbocycles. The Morgan fingerprint density at radius 3 is 1.64 bits per heavy atom. The van der Waals surface area contributed by atoms with Crippen molar-refractivity contribution in [3.05, 3.63) is 131 Å². The quantitative estimate of drug-likeness (QED) is 0.111. The maximum absolute atomic E-state index is 5.50. The zero-order valence-corrected chi connectivity index (χ0v) is 29.0. The molecule has 0 aliphatic carbocycles. The number of rotatable bonds is 19. The van der Waals surface area contributed by atoms with Crippen LogP contribution in [0.5, 0.6) is 0 Å². The minimum atomic E-state index is -0.0318. The van der Waals surface area contributed by atoms with Crippen molar-refractivity contribution in [1.82, 2.24) is 0 Å². The molecule has 1 heteroatoms. The normalized spacial score (nSPS) is 15.8. The van der Waals surface area contributed by atoms with Gasteiger partial charge in [0.05, 0.1) is 5.60 Å². The second-order valence-corrected chi connectivity index (χ2v) is 12.5. The Labute approximate surface area is 261 Å². The molecule has 0 N–H and O–H groups in total. The van der Waals surface area contributed by atoms with Gasteiger partial charge in [0.25, 0.3) is 0 Å². The van der Waals surface area contributed by atoms with Crippen LogP contribution < -0.4 is 0 Å². The van der Waals surface area contributed by atoms with Crippen LogP contribution in [0.2, 0.25) is 0 Å². The highest BCUT2D eigenvalue weighted by molar-refractivity contribution is 5.32. The van der Waals surface area contributed by atoms with Crippen molar-refractivity contribution in [3.63, 3.8) is 0 Å². The SMILES string of the molecule is COC(C)(C)CCC/C(C)=C/C=C/C(C)=C/C=C/C(C)=C/C=C/C=C(C)/C=C/C=C(C)/C=C/CC(C)CCC=C(C)C. The predicted molar refractivity (Wildman–Crippen MR) is 192 cm³/mol. The molecule has 0 saturated heterocycles. The van der Waals surface area contributed by atoms with Gasteiger partial charge in [-0.1, -0.05) is 138 Å². The Morgan fingerprint density at radius 1 is 0.667 bits per heavy atom. The summed E-state index contributed by atoms with van der Waals surface area (Å²) >= 11 is 0. The molecular weight excluding hydrogens is 508 g/mol. The van der Waals surface area contributed by atoms with Gasteiger partial charge in [0.2, 0.25) is 0 Å². The summed E-state index contributed by atoms with van der Waals surface area (Å²) < 4.78 is 5.50. The first-order valence-corrected chi connectivity index (χ1v) is 15.7. The first-order valence-electron chi connectivity index (χ1n) is 15.7. The highest BCUT2D eigenvalue weighted by Gasteiger charge is 2.14. The summed E-state index contributed by atoms with van der Waals surface area (Å²) in [5.74, 6) is 0.722. The summed E-state index contributed by atoms with van der Waals surface area (Å²) in [6.07, 6.45) is 41.6. The lowest BCUT2D eigenvalue weighted by atomic mass is 9.99. The Kier molecular flexibility index (Phi) is 22.0. The molecule has 0 aliphatic heterocycles. The molecule has 1 atom stereocenters. The fourth-order valence-corrected chi connectivity index (χ4v) is 3.94. The summed E-state index contributed by atoms with van der Waals surface area (Å²) in [5, 5.41) is 0. The molecule has 0 heterocycles. The maximum Gasteiger partial charge on any atom is 0.0622 e. The fraction of sp³-hybridized carbons (Fsp3) is 0.463. The van der Waals surface area contributed by atoms with Crippen LogP contribution >= 0.6 is 0 Å². The molecule has 0 amide bonds. The molecule has 1 unspecified atom stereocenters. The topological polar surface area (TPSA) is 9.23 Å². The van der Waals surface area contributed by atoms with E-state index in [9.17, 15) is 0 Å². The van der Waals surface area contributed by atoms with Gasteiger partial charge < -0.3 is 4.74 Å². The number of hydrogen-bond donors (Lipinski definition) is 0. The summed E-state index contributed by atoms with van der Waals surface area (Å²) in [4.78, 5) is 0. The number of hydrogen-bond acceptors (Lipinski definition) is 1. The van der Waals surface area contributed by atoms with Gasteiger partial charge in [0.1, 0.15) is 0 Å². The zero-order chi connectivity index (χ0) is 31.8. The van der Waals surface area contributed by atoms with Gasteiger partial charge in [-0.25, -0.2) is 0 Å². The van der Waals surface area contributed by atoms with Crippen molar-refractivity contribution in [2.75, 3.05) is 7.11 Å². The molecule has 0 radical (unpaired) electrons. The van der Waals surface area contributed by atoms with E-state index in [0.29, 0.717) is 0 Å². The van der Waals surface area contributed by atoms with E-state index in [1.165, 1.54) is 46.3 Å². The van der Waals surface area contributed by atoms with E-state index in [2.05, 4.69) is 166 Å². The molecule has 42 heavy (non-hydrogen) atoms. The maximum atomic E-state index is 5.50. The molecule has 0 bridgehead atoms. The highest BCUT2D eigenvalue weighted by atomic mass is 16.5. The number of methoxy groups -OCH3 is 1. The molecule has 0 fully saturated rings. The monoisotopic (exact) mass is 570 g/mol. The summed E-state index contributed by atoms with van der Waals surface area (Å²) in [6, 6.07) is 0. The molecule has 0 spiro atoms. The second-order valence-electron chi connectivity index (χ2n) is 12.5. The van der Waals surface area contributed by atoms with Gasteiger partial charge in [-0.3, -0.25) is 0 Å². The van der Waals surface area contributed by atoms with Crippen LogP contribution in [0.25, 0.3) is 0 Å². The van der Waals surface area contributed by atoms with Crippen molar-refractivity contribution in [3.8, 4) is 0 Å². The van der Waals surface area contributed by atoms with E-state index in [1.54, 1.807) is 7.11 Å². The van der Waals surface area contributed by atoms with E-state index < -0.39 is 0 Å². The lowest BCUT2D eigenvalue weighted by molar-refractivity contribution is 0.0140. The molecule has 0 rings (SSSR count). The van der Waals surface area contributed by atoms with Crippen LogP contribution in [0.15, 0.2) is 131 Å². The third kappa shape index (κ3) is 24.9. The highest BCUT2D eigenvalue weighted by Crippen LogP contribution is 2.19. The molecular formula is C41H62O. The average Bonchev–Trinajstić information content (AvgIpc) is 2.91. The van der Waals surface area contributed by atoms with E-state index >= 15 is 0 Å². The third-order valence-corrected chi connectivity index (χ3v) is 7.04. The van der Waals surface area contributed by atoms with E-state index in [0.717, 1.165) is 31.6 Å². The predicted octanol–water partition coefficient (Wildman–Crippen LogP) is 12.9. The zero-order valence-electron chi connectivity index (χ0n) is 29.0. The van der Waals surface area contributed by atoms with Crippen molar-refractivity contribution < 1.29 is 4.74 Å². The molecule has 0 aromatic rings. The standard InChI is InChI=1S/C41H62O/c1-34(2)20-14-23-37(5)26-17-29-38(6)27-15-24-35(3)21-12-13-22-36(4)25-16-28-39(7)30-18-31-40(8)32-19-33-41(9,10)42-11/h12-13,15-18,20-22,24-25,27-31,37H,14,19,23,26,32-33H2,1-11H3/b13-12+,24-15+,25-16+,29-17+,30-18+,35-21+,36-22+,38-27+,39-28+,40-31+. The molecule has 0 aliphatic rings. The van der Waals surface area contributed by atoms with Gasteiger partial charge in [0.15, 0.2) is 0 Å². The summed E-state index contributed by atoms with van der Waals surface area (Å²) in [7, 11) is 1.79. The van der Waals surface area contributed by atoms with E-state index in [1.807, 2.05) is 0 Å². The van der Waals surface area contributed by atoms with Crippen molar-refractivity contribution in [1.29, 1.82) is 0 Å². The second kappa shape index (κ2) is 23.6. The third-order valence-electron chi connectivity index (χ3n) is 7.04. The van der Waals surface area contributed by atoms with E-state index in [4.69, 9.17) is 4.74 Å². The number of ether oxygens (including phenoxy) is 1. The van der Waals surface area contributed by atoms with Crippen LogP contribution in [-0.4, -0.2) is 12.7 Å². The first-order chi connectivity index (χ1) is 19.8. The minimum absolute atomic E-state index is 0.0318. The first kappa shape index (κ1) is 39.1. The number of allylic oxidation sites excluding steroid dienone is 22. The lowest BCUT2D eigenvalue weighted by Gasteiger charge is -2.22. The van der Waals surface area contributed by atoms with Crippen molar-refractivity contribution in [2.45, 2.75) is 113 Å². The summed E-state index contributed by atoms with van der Waals surface area (Å²) in [5.41, 5.74) is 7.73. The van der Waals surface area contributed by atoms with Gasteiger partial charge >= 0.3 is 0 Å². The molecule has 0 saturated carbocycles. The molecule has 0 aromatic heterocycles. The lowest BCUT2D eigenvalue weighted by Crippen LogP contribution is -2.21. The van der Waals surface area contributed by atoms with Crippen molar-refractivity contribution in [2.24, 2.45) is 5.92 Å². The van der Waals surface area contributed by atoms with Crippen LogP contribution in [0, 0.1) is 5.92 Å². The van der Waals surface area contributed by atoms with Gasteiger partial charge in [-0.05, 0) is 107 Å². The molecule has 232 valence electrons. The van der Waals surface area contributed by atoms with Gasteiger partial charge in [-0.15, -0.1) is 0 Å². The van der Waals surface area contributed by atoms with Gasteiger partial charge in [-0.2, -0.15) is 0 Å². The molecule has 1 nitrogen and oxygen atoms in total. The Hall–Kier alpha value is -2.90. The Balaban J connectivity index is 4.62. The largest absolute Gasteiger partial charge is 0.379 e. The van der Waals surface area contributed by atoms with Gasteiger partial charge in [0, 0.05) is 7.11 Å². The minimum Gasteiger partial charge on any atom is -0.379 e. The Bertz CT molecular complexity index is 1100. The fourth-order valence-electron chi connectivity index (χ4n) is 3.94. The van der Waals surface area contributed by atoms with Crippen LogP contribution in [-0.2, 0) is 4.74 Å². The summed E-state index contributed by atoms with van der Waals surface area (Å²) in [6.45, 7) is 21.7. The average molecular weight is 571 g/mol.